The fourth-order valence-electron chi connectivity index (χ4n) is 2.52. The Morgan fingerprint density at radius 1 is 1.55 bits per heavy atom. The molecule has 0 bridgehead atoms. The normalized spacial score (nSPS) is 19.1. The molecule has 1 atom stereocenters. The van der Waals surface area contributed by atoms with Crippen molar-refractivity contribution in [2.24, 2.45) is 0 Å². The molecule has 0 aliphatic carbocycles. The van der Waals surface area contributed by atoms with Gasteiger partial charge in [0.05, 0.1) is 6.54 Å². The number of anilines is 1. The summed E-state index contributed by atoms with van der Waals surface area (Å²) in [5.74, 6) is 0.0578. The Kier molecular flexibility index (Phi) is 5.80. The molecule has 1 fully saturated rings. The van der Waals surface area contributed by atoms with Crippen LogP contribution in [0.4, 0.5) is 5.69 Å². The molecule has 1 unspecified atom stereocenters. The van der Waals surface area contributed by atoms with Crippen molar-refractivity contribution in [1.82, 2.24) is 10.2 Å². The summed E-state index contributed by atoms with van der Waals surface area (Å²) >= 11 is 2.28. The van der Waals surface area contributed by atoms with Gasteiger partial charge in [0.25, 0.3) is 0 Å². The molecule has 4 nitrogen and oxygen atoms in total. The van der Waals surface area contributed by atoms with E-state index in [0.29, 0.717) is 12.6 Å². The lowest BCUT2D eigenvalue weighted by Crippen LogP contribution is -2.46. The maximum Gasteiger partial charge on any atom is 0.238 e. The fraction of sp³-hybridized carbons (Fsp3) is 0.533. The lowest BCUT2D eigenvalue weighted by Gasteiger charge is -2.31. The minimum atomic E-state index is 0.0578. The van der Waals surface area contributed by atoms with Gasteiger partial charge < -0.3 is 10.6 Å². The molecule has 2 rings (SSSR count). The zero-order valence-corrected chi connectivity index (χ0v) is 14.2. The molecule has 20 heavy (non-hydrogen) atoms. The van der Waals surface area contributed by atoms with E-state index in [4.69, 9.17) is 0 Å². The number of rotatable bonds is 4. The molecule has 0 spiro atoms. The predicted molar refractivity (Wildman–Crippen MR) is 91.0 cm³/mol. The summed E-state index contributed by atoms with van der Waals surface area (Å²) in [6.07, 6.45) is 2.35. The molecule has 5 heteroatoms. The van der Waals surface area contributed by atoms with Gasteiger partial charge in [-0.25, -0.2) is 0 Å². The summed E-state index contributed by atoms with van der Waals surface area (Å²) in [5, 5.41) is 6.38. The van der Waals surface area contributed by atoms with Crippen molar-refractivity contribution in [2.75, 3.05) is 32.0 Å². The Balaban J connectivity index is 1.88. The first-order chi connectivity index (χ1) is 9.56. The Labute approximate surface area is 134 Å². The van der Waals surface area contributed by atoms with Gasteiger partial charge in [0.2, 0.25) is 5.91 Å². The Morgan fingerprint density at radius 2 is 2.35 bits per heavy atom. The van der Waals surface area contributed by atoms with Crippen LogP contribution in [0.15, 0.2) is 18.2 Å². The maximum atomic E-state index is 12.1. The highest BCUT2D eigenvalue weighted by Gasteiger charge is 2.19. The number of benzene rings is 1. The van der Waals surface area contributed by atoms with E-state index in [1.165, 1.54) is 16.4 Å². The smallest absolute Gasteiger partial charge is 0.238 e. The number of halogens is 1. The number of likely N-dealkylation sites (N-methyl/N-ethyl adjacent to an activating group) is 1. The van der Waals surface area contributed by atoms with Crippen molar-refractivity contribution in [3.05, 3.63) is 27.3 Å². The molecular formula is C15H22IN3O. The SMILES string of the molecule is Cc1cc(I)ccc1NC(=O)CN(C)C1CCCNC1. The Bertz CT molecular complexity index is 472. The van der Waals surface area contributed by atoms with Gasteiger partial charge in [-0.1, -0.05) is 0 Å². The summed E-state index contributed by atoms with van der Waals surface area (Å²) in [6.45, 7) is 4.54. The van der Waals surface area contributed by atoms with E-state index in [9.17, 15) is 4.79 Å². The molecule has 110 valence electrons. The number of carbonyl (C=O) groups is 1. The highest BCUT2D eigenvalue weighted by molar-refractivity contribution is 14.1. The highest BCUT2D eigenvalue weighted by atomic mass is 127. The second-order valence-corrected chi connectivity index (χ2v) is 6.67. The fourth-order valence-corrected chi connectivity index (χ4v) is 3.17. The van der Waals surface area contributed by atoms with Crippen molar-refractivity contribution in [2.45, 2.75) is 25.8 Å². The quantitative estimate of drug-likeness (QED) is 0.779. The number of nitrogens with zero attached hydrogens (tertiary/aromatic N) is 1. The highest BCUT2D eigenvalue weighted by Crippen LogP contribution is 2.17. The third-order valence-electron chi connectivity index (χ3n) is 3.75. The summed E-state index contributed by atoms with van der Waals surface area (Å²) < 4.78 is 1.18. The standard InChI is InChI=1S/C15H22IN3O/c1-11-8-12(16)5-6-14(11)18-15(20)10-19(2)13-4-3-7-17-9-13/h5-6,8,13,17H,3-4,7,9-10H2,1-2H3,(H,18,20). The molecule has 2 N–H and O–H groups in total. The van der Waals surface area contributed by atoms with E-state index >= 15 is 0 Å². The van der Waals surface area contributed by atoms with Crippen LogP contribution in [0.1, 0.15) is 18.4 Å². The Morgan fingerprint density at radius 3 is 3.00 bits per heavy atom. The Hall–Kier alpha value is -0.660. The summed E-state index contributed by atoms with van der Waals surface area (Å²) in [6, 6.07) is 6.52. The third-order valence-corrected chi connectivity index (χ3v) is 4.42. The van der Waals surface area contributed by atoms with Crippen LogP contribution < -0.4 is 10.6 Å². The van der Waals surface area contributed by atoms with Crippen LogP contribution in [-0.4, -0.2) is 43.5 Å². The van der Waals surface area contributed by atoms with Crippen LogP contribution in [0, 0.1) is 10.5 Å². The summed E-state index contributed by atoms with van der Waals surface area (Å²) in [4.78, 5) is 14.3. The molecule has 0 saturated carbocycles. The average molecular weight is 387 g/mol. The minimum absolute atomic E-state index is 0.0578. The van der Waals surface area contributed by atoms with Crippen molar-refractivity contribution in [3.8, 4) is 0 Å². The van der Waals surface area contributed by atoms with Crippen LogP contribution in [0.2, 0.25) is 0 Å². The zero-order valence-electron chi connectivity index (χ0n) is 12.1. The minimum Gasteiger partial charge on any atom is -0.325 e. The van der Waals surface area contributed by atoms with Crippen molar-refractivity contribution >= 4 is 34.2 Å². The second kappa shape index (κ2) is 7.38. The van der Waals surface area contributed by atoms with Crippen LogP contribution in [0.25, 0.3) is 0 Å². The molecular weight excluding hydrogens is 365 g/mol. The zero-order chi connectivity index (χ0) is 14.5. The first kappa shape index (κ1) is 15.7. The van der Waals surface area contributed by atoms with Gasteiger partial charge in [0.1, 0.15) is 0 Å². The van der Waals surface area contributed by atoms with E-state index in [-0.39, 0.29) is 5.91 Å². The number of piperidine rings is 1. The lowest BCUT2D eigenvalue weighted by molar-refractivity contribution is -0.117. The number of aryl methyl sites for hydroxylation is 1. The van der Waals surface area contributed by atoms with Crippen LogP contribution in [0.5, 0.6) is 0 Å². The molecule has 1 heterocycles. The van der Waals surface area contributed by atoms with Crippen LogP contribution in [0.3, 0.4) is 0 Å². The van der Waals surface area contributed by atoms with E-state index in [1.54, 1.807) is 0 Å². The van der Waals surface area contributed by atoms with Gasteiger partial charge in [0.15, 0.2) is 0 Å². The molecule has 1 saturated heterocycles. The van der Waals surface area contributed by atoms with E-state index in [1.807, 2.05) is 26.1 Å². The largest absolute Gasteiger partial charge is 0.325 e. The third kappa shape index (κ3) is 4.43. The number of amides is 1. The van der Waals surface area contributed by atoms with E-state index < -0.39 is 0 Å². The average Bonchev–Trinajstić information content (AvgIpc) is 2.43. The molecule has 1 aliphatic heterocycles. The van der Waals surface area contributed by atoms with E-state index in [0.717, 1.165) is 24.3 Å². The molecule has 1 aromatic rings. The van der Waals surface area contributed by atoms with Gasteiger partial charge in [-0.15, -0.1) is 0 Å². The summed E-state index contributed by atoms with van der Waals surface area (Å²) in [7, 11) is 2.03. The topological polar surface area (TPSA) is 44.4 Å². The summed E-state index contributed by atoms with van der Waals surface area (Å²) in [5.41, 5.74) is 2.01. The van der Waals surface area contributed by atoms with E-state index in [2.05, 4.69) is 44.2 Å². The lowest BCUT2D eigenvalue weighted by atomic mass is 10.1. The van der Waals surface area contributed by atoms with Crippen molar-refractivity contribution < 1.29 is 4.79 Å². The van der Waals surface area contributed by atoms with Gasteiger partial charge in [-0.3, -0.25) is 9.69 Å². The maximum absolute atomic E-state index is 12.1. The van der Waals surface area contributed by atoms with Gasteiger partial charge in [0, 0.05) is 21.8 Å². The van der Waals surface area contributed by atoms with Crippen LogP contribution >= 0.6 is 22.6 Å². The second-order valence-electron chi connectivity index (χ2n) is 5.42. The van der Waals surface area contributed by atoms with Crippen LogP contribution in [-0.2, 0) is 4.79 Å². The number of carbonyl (C=O) groups excluding carboxylic acids is 1. The van der Waals surface area contributed by atoms with Gasteiger partial charge in [-0.2, -0.15) is 0 Å². The monoisotopic (exact) mass is 387 g/mol. The van der Waals surface area contributed by atoms with Crippen molar-refractivity contribution in [3.63, 3.8) is 0 Å². The molecule has 0 aromatic heterocycles. The number of hydrogen-bond donors (Lipinski definition) is 2. The van der Waals surface area contributed by atoms with Crippen molar-refractivity contribution in [1.29, 1.82) is 0 Å². The molecule has 1 aromatic carbocycles. The first-order valence-corrected chi connectivity index (χ1v) is 8.11. The predicted octanol–water partition coefficient (Wildman–Crippen LogP) is 2.22. The molecule has 1 amide bonds. The molecule has 1 aliphatic rings. The van der Waals surface area contributed by atoms with Gasteiger partial charge >= 0.3 is 0 Å². The first-order valence-electron chi connectivity index (χ1n) is 7.03. The van der Waals surface area contributed by atoms with Gasteiger partial charge in [-0.05, 0) is 79.7 Å². The number of nitrogens with one attached hydrogen (secondary N) is 2. The number of hydrogen-bond acceptors (Lipinski definition) is 3. The molecule has 0 radical (unpaired) electrons.